The molecule has 0 unspecified atom stereocenters. The first-order valence-electron chi connectivity index (χ1n) is 6.06. The van der Waals surface area contributed by atoms with Crippen molar-refractivity contribution in [1.82, 2.24) is 0 Å². The highest BCUT2D eigenvalue weighted by molar-refractivity contribution is 5.55. The Bertz CT molecular complexity index is 549. The molecule has 2 aromatic rings. The van der Waals surface area contributed by atoms with Gasteiger partial charge in [0.2, 0.25) is 0 Å². The van der Waals surface area contributed by atoms with E-state index in [0.29, 0.717) is 18.8 Å². The van der Waals surface area contributed by atoms with E-state index in [4.69, 9.17) is 5.73 Å². The number of nitrogen functional groups attached to an aromatic ring is 1. The predicted octanol–water partition coefficient (Wildman–Crippen LogP) is 3.40. The third kappa shape index (κ3) is 3.58. The first-order valence-corrected chi connectivity index (χ1v) is 6.06. The van der Waals surface area contributed by atoms with Crippen LogP contribution in [0.1, 0.15) is 5.56 Å². The summed E-state index contributed by atoms with van der Waals surface area (Å²) in [4.78, 5) is 2.12. The maximum atomic E-state index is 12.9. The molecule has 0 fully saturated rings. The molecule has 0 aliphatic carbocycles. The van der Waals surface area contributed by atoms with Gasteiger partial charge >= 0.3 is 0 Å². The van der Waals surface area contributed by atoms with Gasteiger partial charge in [0, 0.05) is 30.5 Å². The molecule has 0 aliphatic rings. The van der Waals surface area contributed by atoms with Crippen LogP contribution in [-0.4, -0.2) is 6.54 Å². The first kappa shape index (κ1) is 13.1. The minimum absolute atomic E-state index is 0.224. The molecular weight excluding hydrogens is 239 g/mol. The summed E-state index contributed by atoms with van der Waals surface area (Å²) in [5.41, 5.74) is 8.39. The molecule has 2 N–H and O–H groups in total. The van der Waals surface area contributed by atoms with Gasteiger partial charge in [-0.3, -0.25) is 0 Å². The summed E-state index contributed by atoms with van der Waals surface area (Å²) in [6, 6.07) is 15.0. The van der Waals surface area contributed by atoms with E-state index in [1.165, 1.54) is 12.1 Å². The molecule has 0 saturated carbocycles. The SMILES string of the molecule is C=CCN(Cc1ccc(F)cc1)c1cc[c]c(N)c1. The monoisotopic (exact) mass is 255 g/mol. The molecule has 0 aromatic heterocycles. The van der Waals surface area contributed by atoms with Crippen molar-refractivity contribution in [2.45, 2.75) is 6.54 Å². The number of anilines is 2. The Kier molecular flexibility index (Phi) is 4.18. The fourth-order valence-corrected chi connectivity index (χ4v) is 1.90. The third-order valence-electron chi connectivity index (χ3n) is 2.81. The lowest BCUT2D eigenvalue weighted by Gasteiger charge is -2.23. The van der Waals surface area contributed by atoms with Gasteiger partial charge in [-0.15, -0.1) is 6.58 Å². The maximum Gasteiger partial charge on any atom is 0.123 e. The van der Waals surface area contributed by atoms with Crippen LogP contribution >= 0.6 is 0 Å². The van der Waals surface area contributed by atoms with Crippen LogP contribution < -0.4 is 10.6 Å². The number of halogens is 1. The zero-order chi connectivity index (χ0) is 13.7. The van der Waals surface area contributed by atoms with Gasteiger partial charge in [-0.2, -0.15) is 0 Å². The fraction of sp³-hybridized carbons (Fsp3) is 0.125. The first-order chi connectivity index (χ1) is 9.19. The van der Waals surface area contributed by atoms with Gasteiger partial charge in [0.05, 0.1) is 0 Å². The van der Waals surface area contributed by atoms with Crippen LogP contribution in [0.2, 0.25) is 0 Å². The standard InChI is InChI=1S/C16H16FN2/c1-2-10-19(16-5-3-4-15(18)11-16)12-13-6-8-14(17)9-7-13/h2-3,5-9,11H,1,10,12,18H2. The highest BCUT2D eigenvalue weighted by Crippen LogP contribution is 2.19. The number of nitrogens with zero attached hydrogens (tertiary/aromatic N) is 1. The van der Waals surface area contributed by atoms with Crippen LogP contribution in [0.4, 0.5) is 15.8 Å². The van der Waals surface area contributed by atoms with Crippen molar-refractivity contribution in [3.05, 3.63) is 72.6 Å². The number of nitrogens with two attached hydrogens (primary N) is 1. The Morgan fingerprint density at radius 2 is 2.00 bits per heavy atom. The van der Waals surface area contributed by atoms with Gasteiger partial charge in [0.25, 0.3) is 0 Å². The number of hydrogen-bond donors (Lipinski definition) is 1. The van der Waals surface area contributed by atoms with E-state index in [0.717, 1.165) is 11.3 Å². The van der Waals surface area contributed by atoms with Crippen LogP contribution in [0.15, 0.2) is 55.1 Å². The van der Waals surface area contributed by atoms with E-state index in [1.54, 1.807) is 18.2 Å². The van der Waals surface area contributed by atoms with Gasteiger partial charge in [-0.25, -0.2) is 4.39 Å². The molecule has 0 atom stereocenters. The lowest BCUT2D eigenvalue weighted by Crippen LogP contribution is -2.22. The second kappa shape index (κ2) is 6.05. The molecule has 3 heteroatoms. The van der Waals surface area contributed by atoms with E-state index < -0.39 is 0 Å². The molecule has 2 rings (SSSR count). The quantitative estimate of drug-likeness (QED) is 0.655. The Hall–Kier alpha value is -2.29. The zero-order valence-corrected chi connectivity index (χ0v) is 10.6. The summed E-state index contributed by atoms with van der Waals surface area (Å²) >= 11 is 0. The van der Waals surface area contributed by atoms with E-state index >= 15 is 0 Å². The smallest absolute Gasteiger partial charge is 0.123 e. The average molecular weight is 255 g/mol. The van der Waals surface area contributed by atoms with Crippen LogP contribution in [-0.2, 0) is 6.54 Å². The Morgan fingerprint density at radius 1 is 1.26 bits per heavy atom. The molecule has 2 aromatic carbocycles. The Labute approximate surface area is 113 Å². The molecule has 0 aliphatic heterocycles. The Morgan fingerprint density at radius 3 is 2.63 bits per heavy atom. The molecule has 0 bridgehead atoms. The van der Waals surface area contributed by atoms with Crippen LogP contribution in [0.25, 0.3) is 0 Å². The summed E-state index contributed by atoms with van der Waals surface area (Å²) in [6.07, 6.45) is 1.83. The van der Waals surface area contributed by atoms with E-state index in [9.17, 15) is 4.39 Å². The van der Waals surface area contributed by atoms with E-state index in [-0.39, 0.29) is 5.82 Å². The molecule has 0 spiro atoms. The number of hydrogen-bond acceptors (Lipinski definition) is 2. The van der Waals surface area contributed by atoms with Gasteiger partial charge < -0.3 is 10.6 Å². The lowest BCUT2D eigenvalue weighted by atomic mass is 10.2. The highest BCUT2D eigenvalue weighted by Gasteiger charge is 2.06. The summed E-state index contributed by atoms with van der Waals surface area (Å²) < 4.78 is 12.9. The van der Waals surface area contributed by atoms with E-state index in [1.807, 2.05) is 18.2 Å². The van der Waals surface area contributed by atoms with Crippen molar-refractivity contribution in [1.29, 1.82) is 0 Å². The van der Waals surface area contributed by atoms with Gasteiger partial charge in [0.1, 0.15) is 5.82 Å². The minimum Gasteiger partial charge on any atom is -0.398 e. The average Bonchev–Trinajstić information content (AvgIpc) is 2.41. The van der Waals surface area contributed by atoms with Crippen molar-refractivity contribution < 1.29 is 4.39 Å². The normalized spacial score (nSPS) is 10.2. The third-order valence-corrected chi connectivity index (χ3v) is 2.81. The second-order valence-electron chi connectivity index (χ2n) is 4.30. The summed E-state index contributed by atoms with van der Waals surface area (Å²) in [6.45, 7) is 5.14. The maximum absolute atomic E-state index is 12.9. The highest BCUT2D eigenvalue weighted by atomic mass is 19.1. The molecule has 19 heavy (non-hydrogen) atoms. The molecule has 1 radical (unpaired) electrons. The summed E-state index contributed by atoms with van der Waals surface area (Å²) in [5, 5.41) is 0. The molecule has 97 valence electrons. The van der Waals surface area contributed by atoms with Gasteiger partial charge in [-0.1, -0.05) is 24.3 Å². The van der Waals surface area contributed by atoms with Crippen molar-refractivity contribution in [2.75, 3.05) is 17.2 Å². The number of benzene rings is 2. The zero-order valence-electron chi connectivity index (χ0n) is 10.6. The van der Waals surface area contributed by atoms with Crippen LogP contribution in [0.3, 0.4) is 0 Å². The predicted molar refractivity (Wildman–Crippen MR) is 77.3 cm³/mol. The summed E-state index contributed by atoms with van der Waals surface area (Å²) in [5.74, 6) is -0.224. The largest absolute Gasteiger partial charge is 0.398 e. The summed E-state index contributed by atoms with van der Waals surface area (Å²) in [7, 11) is 0. The van der Waals surface area contributed by atoms with Crippen molar-refractivity contribution in [2.24, 2.45) is 0 Å². The van der Waals surface area contributed by atoms with E-state index in [2.05, 4.69) is 17.5 Å². The van der Waals surface area contributed by atoms with Crippen molar-refractivity contribution in [3.8, 4) is 0 Å². The molecule has 0 amide bonds. The van der Waals surface area contributed by atoms with Crippen molar-refractivity contribution >= 4 is 11.4 Å². The van der Waals surface area contributed by atoms with Gasteiger partial charge in [0.15, 0.2) is 0 Å². The molecule has 0 saturated heterocycles. The van der Waals surface area contributed by atoms with Crippen LogP contribution in [0, 0.1) is 11.9 Å². The van der Waals surface area contributed by atoms with Crippen molar-refractivity contribution in [3.63, 3.8) is 0 Å². The molecular formula is C16H16FN2. The van der Waals surface area contributed by atoms with Crippen LogP contribution in [0.5, 0.6) is 0 Å². The Balaban J connectivity index is 2.20. The van der Waals surface area contributed by atoms with Gasteiger partial charge in [-0.05, 0) is 29.8 Å². The topological polar surface area (TPSA) is 29.3 Å². The second-order valence-corrected chi connectivity index (χ2v) is 4.30. The number of rotatable bonds is 5. The molecule has 2 nitrogen and oxygen atoms in total. The lowest BCUT2D eigenvalue weighted by molar-refractivity contribution is 0.626. The molecule has 0 heterocycles. The minimum atomic E-state index is -0.224. The fourth-order valence-electron chi connectivity index (χ4n) is 1.90.